The Bertz CT molecular complexity index is 688. The van der Waals surface area contributed by atoms with Gasteiger partial charge in [0.15, 0.2) is 0 Å². The summed E-state index contributed by atoms with van der Waals surface area (Å²) in [5.41, 5.74) is 0.601. The van der Waals surface area contributed by atoms with Gasteiger partial charge in [-0.1, -0.05) is 0 Å². The number of nitrogens with zero attached hydrogens (tertiary/aromatic N) is 1. The lowest BCUT2D eigenvalue weighted by Gasteiger charge is -2.30. The normalized spacial score (nSPS) is 20.5. The van der Waals surface area contributed by atoms with Gasteiger partial charge in [0.25, 0.3) is 5.91 Å². The smallest absolute Gasteiger partial charge is 0.251 e. The maximum absolute atomic E-state index is 12.4. The van der Waals surface area contributed by atoms with E-state index in [1.54, 1.807) is 12.1 Å². The van der Waals surface area contributed by atoms with E-state index in [1.807, 2.05) is 12.1 Å². The Hall–Kier alpha value is -1.60. The highest BCUT2D eigenvalue weighted by Crippen LogP contribution is 2.24. The number of benzene rings is 1. The summed E-state index contributed by atoms with van der Waals surface area (Å²) in [6, 6.07) is 7.27. The molecular formula is C18H26N2O4S. The SMILES string of the molecule is CS(=O)(=O)N1CCC(NC(=O)c2ccc(OC3CCCC3)cc2)CC1. The number of nitrogens with one attached hydrogen (secondary N) is 1. The molecule has 25 heavy (non-hydrogen) atoms. The first-order valence-electron chi connectivity index (χ1n) is 8.94. The van der Waals surface area contributed by atoms with E-state index in [4.69, 9.17) is 4.74 Å². The monoisotopic (exact) mass is 366 g/mol. The molecule has 3 rings (SSSR count). The Morgan fingerprint density at radius 1 is 1.08 bits per heavy atom. The van der Waals surface area contributed by atoms with Gasteiger partial charge in [-0.2, -0.15) is 0 Å². The number of carbonyl (C=O) groups is 1. The molecular weight excluding hydrogens is 340 g/mol. The van der Waals surface area contributed by atoms with Crippen LogP contribution in [0.2, 0.25) is 0 Å². The fourth-order valence-electron chi connectivity index (χ4n) is 3.48. The number of piperidine rings is 1. The number of ether oxygens (including phenoxy) is 1. The molecule has 0 spiro atoms. The van der Waals surface area contributed by atoms with Gasteiger partial charge in [0.1, 0.15) is 5.75 Å². The first kappa shape index (κ1) is 18.2. The molecule has 0 atom stereocenters. The summed E-state index contributed by atoms with van der Waals surface area (Å²) in [4.78, 5) is 12.4. The summed E-state index contributed by atoms with van der Waals surface area (Å²) in [5.74, 6) is 0.690. The number of amides is 1. The van der Waals surface area contributed by atoms with Crippen LogP contribution >= 0.6 is 0 Å². The predicted octanol–water partition coefficient (Wildman–Crippen LogP) is 2.16. The van der Waals surface area contributed by atoms with E-state index >= 15 is 0 Å². The van der Waals surface area contributed by atoms with E-state index in [0.717, 1.165) is 18.6 Å². The van der Waals surface area contributed by atoms with Crippen molar-refractivity contribution in [2.24, 2.45) is 0 Å². The standard InChI is InChI=1S/C18H26N2O4S/c1-25(22,23)20-12-10-15(11-13-20)19-18(21)14-6-8-17(9-7-14)24-16-4-2-3-5-16/h6-9,15-16H,2-5,10-13H2,1H3,(H,19,21). The number of sulfonamides is 1. The minimum Gasteiger partial charge on any atom is -0.490 e. The van der Waals surface area contributed by atoms with Gasteiger partial charge in [0.05, 0.1) is 12.4 Å². The largest absolute Gasteiger partial charge is 0.490 e. The Balaban J connectivity index is 1.50. The maximum atomic E-state index is 12.4. The molecule has 1 saturated heterocycles. The van der Waals surface area contributed by atoms with Crippen LogP contribution in [0.3, 0.4) is 0 Å². The molecule has 1 saturated carbocycles. The first-order chi connectivity index (χ1) is 11.9. The fraction of sp³-hybridized carbons (Fsp3) is 0.611. The van der Waals surface area contributed by atoms with Crippen molar-refractivity contribution in [1.29, 1.82) is 0 Å². The summed E-state index contributed by atoms with van der Waals surface area (Å²) in [5, 5.41) is 3.00. The molecule has 2 aliphatic rings. The number of carbonyl (C=O) groups excluding carboxylic acids is 1. The molecule has 0 bridgehead atoms. The highest BCUT2D eigenvalue weighted by Gasteiger charge is 2.26. The summed E-state index contributed by atoms with van der Waals surface area (Å²) in [6.07, 6.45) is 7.47. The van der Waals surface area contributed by atoms with E-state index < -0.39 is 10.0 Å². The highest BCUT2D eigenvalue weighted by atomic mass is 32.2. The molecule has 1 aromatic carbocycles. The molecule has 0 radical (unpaired) electrons. The Kier molecular flexibility index (Phi) is 5.64. The van der Waals surface area contributed by atoms with E-state index in [9.17, 15) is 13.2 Å². The molecule has 6 nitrogen and oxygen atoms in total. The van der Waals surface area contributed by atoms with E-state index in [-0.39, 0.29) is 11.9 Å². The highest BCUT2D eigenvalue weighted by molar-refractivity contribution is 7.88. The van der Waals surface area contributed by atoms with Crippen molar-refractivity contribution < 1.29 is 17.9 Å². The van der Waals surface area contributed by atoms with Gasteiger partial charge in [0.2, 0.25) is 10.0 Å². The second-order valence-electron chi connectivity index (χ2n) is 6.96. The average Bonchev–Trinajstić information content (AvgIpc) is 3.08. The molecule has 0 unspecified atom stereocenters. The van der Waals surface area contributed by atoms with Gasteiger partial charge < -0.3 is 10.1 Å². The van der Waals surface area contributed by atoms with Crippen LogP contribution in [-0.2, 0) is 10.0 Å². The van der Waals surface area contributed by atoms with Crippen LogP contribution in [0, 0.1) is 0 Å². The lowest BCUT2D eigenvalue weighted by Crippen LogP contribution is -2.46. The molecule has 1 N–H and O–H groups in total. The van der Waals surface area contributed by atoms with Crippen LogP contribution in [0.1, 0.15) is 48.9 Å². The van der Waals surface area contributed by atoms with E-state index in [0.29, 0.717) is 37.6 Å². The van der Waals surface area contributed by atoms with Crippen molar-refractivity contribution in [2.75, 3.05) is 19.3 Å². The van der Waals surface area contributed by atoms with Crippen LogP contribution in [0.5, 0.6) is 5.75 Å². The van der Waals surface area contributed by atoms with Crippen molar-refractivity contribution in [1.82, 2.24) is 9.62 Å². The molecule has 1 amide bonds. The Morgan fingerprint density at radius 2 is 1.68 bits per heavy atom. The van der Waals surface area contributed by atoms with Crippen LogP contribution < -0.4 is 10.1 Å². The zero-order valence-corrected chi connectivity index (χ0v) is 15.4. The van der Waals surface area contributed by atoms with Gasteiger partial charge in [0, 0.05) is 24.7 Å². The maximum Gasteiger partial charge on any atom is 0.251 e. The van der Waals surface area contributed by atoms with E-state index in [1.165, 1.54) is 23.4 Å². The topological polar surface area (TPSA) is 75.7 Å². The average molecular weight is 366 g/mol. The molecule has 1 heterocycles. The van der Waals surface area contributed by atoms with Crippen molar-refractivity contribution in [2.45, 2.75) is 50.7 Å². The number of hydrogen-bond donors (Lipinski definition) is 1. The first-order valence-corrected chi connectivity index (χ1v) is 10.8. The van der Waals surface area contributed by atoms with Gasteiger partial charge in [-0.05, 0) is 62.8 Å². The Morgan fingerprint density at radius 3 is 2.24 bits per heavy atom. The fourth-order valence-corrected chi connectivity index (χ4v) is 4.36. The van der Waals surface area contributed by atoms with Gasteiger partial charge >= 0.3 is 0 Å². The lowest BCUT2D eigenvalue weighted by atomic mass is 10.1. The lowest BCUT2D eigenvalue weighted by molar-refractivity contribution is 0.0924. The summed E-state index contributed by atoms with van der Waals surface area (Å²) >= 11 is 0. The molecule has 1 aromatic rings. The van der Waals surface area contributed by atoms with Crippen molar-refractivity contribution in [3.8, 4) is 5.75 Å². The van der Waals surface area contributed by atoms with Gasteiger partial charge in [-0.15, -0.1) is 0 Å². The van der Waals surface area contributed by atoms with Crippen molar-refractivity contribution in [3.63, 3.8) is 0 Å². The minimum absolute atomic E-state index is 0.0138. The van der Waals surface area contributed by atoms with Crippen LogP contribution in [-0.4, -0.2) is 50.1 Å². The minimum atomic E-state index is -3.14. The Labute approximate surface area is 149 Å². The van der Waals surface area contributed by atoms with Crippen LogP contribution in [0.25, 0.3) is 0 Å². The molecule has 1 aliphatic heterocycles. The van der Waals surface area contributed by atoms with Crippen molar-refractivity contribution in [3.05, 3.63) is 29.8 Å². The molecule has 0 aromatic heterocycles. The predicted molar refractivity (Wildman–Crippen MR) is 96.2 cm³/mol. The molecule has 7 heteroatoms. The third kappa shape index (κ3) is 4.95. The van der Waals surface area contributed by atoms with Crippen LogP contribution in [0.15, 0.2) is 24.3 Å². The zero-order valence-electron chi connectivity index (χ0n) is 14.6. The third-order valence-electron chi connectivity index (χ3n) is 4.98. The summed E-state index contributed by atoms with van der Waals surface area (Å²) < 4.78 is 30.4. The van der Waals surface area contributed by atoms with Crippen molar-refractivity contribution >= 4 is 15.9 Å². The number of hydrogen-bond acceptors (Lipinski definition) is 4. The number of rotatable bonds is 5. The summed E-state index contributed by atoms with van der Waals surface area (Å²) in [6.45, 7) is 0.913. The second kappa shape index (κ2) is 7.74. The molecule has 138 valence electrons. The zero-order chi connectivity index (χ0) is 17.9. The summed E-state index contributed by atoms with van der Waals surface area (Å²) in [7, 11) is -3.14. The van der Waals surface area contributed by atoms with Crippen LogP contribution in [0.4, 0.5) is 0 Å². The second-order valence-corrected chi connectivity index (χ2v) is 8.94. The third-order valence-corrected chi connectivity index (χ3v) is 6.28. The molecule has 2 fully saturated rings. The van der Waals surface area contributed by atoms with E-state index in [2.05, 4.69) is 5.32 Å². The van der Waals surface area contributed by atoms with Gasteiger partial charge in [-0.25, -0.2) is 12.7 Å². The van der Waals surface area contributed by atoms with Gasteiger partial charge in [-0.3, -0.25) is 4.79 Å². The molecule has 1 aliphatic carbocycles. The quantitative estimate of drug-likeness (QED) is 0.866.